The van der Waals surface area contributed by atoms with E-state index in [0.29, 0.717) is 0 Å². The van der Waals surface area contributed by atoms with Gasteiger partial charge in [0.05, 0.1) is 16.5 Å². The predicted octanol–water partition coefficient (Wildman–Crippen LogP) is 3.99. The smallest absolute Gasteiger partial charge is 0.339 e. The summed E-state index contributed by atoms with van der Waals surface area (Å²) in [6.45, 7) is 1.46. The fraction of sp³-hybridized carbons (Fsp3) is 0.300. The largest absolute Gasteiger partial charge is 0.449 e. The van der Waals surface area contributed by atoms with E-state index in [1.54, 1.807) is 0 Å². The molecule has 0 heterocycles. The molecule has 1 amide bonds. The normalized spacial score (nSPS) is 16.6. The number of hydrogen-bond acceptors (Lipinski definition) is 5. The van der Waals surface area contributed by atoms with Crippen LogP contribution in [0.5, 0.6) is 0 Å². The molecule has 0 spiro atoms. The van der Waals surface area contributed by atoms with Crippen molar-refractivity contribution < 1.29 is 19.2 Å². The molecule has 0 unspecified atom stereocenters. The third kappa shape index (κ3) is 4.31. The maximum absolute atomic E-state index is 12.5. The van der Waals surface area contributed by atoms with Gasteiger partial charge < -0.3 is 10.1 Å². The Balaban J connectivity index is 1.66. The highest BCUT2D eigenvalue weighted by atomic mass is 35.5. The van der Waals surface area contributed by atoms with Crippen molar-refractivity contribution in [2.24, 2.45) is 0 Å². The van der Waals surface area contributed by atoms with Crippen LogP contribution in [0.3, 0.4) is 0 Å². The topological polar surface area (TPSA) is 98.5 Å². The number of nitro groups is 1. The van der Waals surface area contributed by atoms with Gasteiger partial charge in [0.25, 0.3) is 11.6 Å². The molecule has 0 radical (unpaired) electrons. The van der Waals surface area contributed by atoms with Crippen molar-refractivity contribution in [1.29, 1.82) is 0 Å². The van der Waals surface area contributed by atoms with Crippen LogP contribution in [-0.2, 0) is 16.0 Å². The summed E-state index contributed by atoms with van der Waals surface area (Å²) in [5, 5.41) is 13.8. The highest BCUT2D eigenvalue weighted by Crippen LogP contribution is 2.29. The number of nitrogens with zero attached hydrogens (tertiary/aromatic N) is 1. The molecule has 0 aromatic heterocycles. The monoisotopic (exact) mass is 402 g/mol. The predicted molar refractivity (Wildman–Crippen MR) is 103 cm³/mol. The van der Waals surface area contributed by atoms with Crippen LogP contribution in [-0.4, -0.2) is 22.9 Å². The molecule has 0 saturated carbocycles. The Morgan fingerprint density at radius 2 is 2.04 bits per heavy atom. The number of fused-ring (bicyclic) bond motifs is 1. The second-order valence-corrected chi connectivity index (χ2v) is 7.03. The fourth-order valence-electron chi connectivity index (χ4n) is 3.25. The molecule has 7 nitrogen and oxygen atoms in total. The molecule has 28 heavy (non-hydrogen) atoms. The average Bonchev–Trinajstić information content (AvgIpc) is 2.68. The molecule has 2 atom stereocenters. The van der Waals surface area contributed by atoms with Crippen LogP contribution >= 0.6 is 11.6 Å². The molecule has 1 N–H and O–H groups in total. The van der Waals surface area contributed by atoms with Crippen LogP contribution in [0.1, 0.15) is 47.3 Å². The molecular formula is C20H19ClN2O5. The van der Waals surface area contributed by atoms with Gasteiger partial charge in [0.2, 0.25) is 0 Å². The van der Waals surface area contributed by atoms with Crippen LogP contribution in [0.25, 0.3) is 0 Å². The summed E-state index contributed by atoms with van der Waals surface area (Å²) in [6.07, 6.45) is 1.70. The molecule has 2 aromatic carbocycles. The van der Waals surface area contributed by atoms with E-state index in [4.69, 9.17) is 16.3 Å². The minimum atomic E-state index is -1.05. The number of halogens is 1. The molecule has 0 saturated heterocycles. The highest BCUT2D eigenvalue weighted by molar-refractivity contribution is 6.32. The van der Waals surface area contributed by atoms with E-state index in [0.717, 1.165) is 30.9 Å². The zero-order valence-corrected chi connectivity index (χ0v) is 15.9. The molecule has 1 aliphatic carbocycles. The minimum Gasteiger partial charge on any atom is -0.449 e. The lowest BCUT2D eigenvalue weighted by molar-refractivity contribution is -0.384. The van der Waals surface area contributed by atoms with Crippen molar-refractivity contribution in [3.63, 3.8) is 0 Å². The summed E-state index contributed by atoms with van der Waals surface area (Å²) < 4.78 is 5.19. The number of nitrogens with one attached hydrogen (secondary N) is 1. The van der Waals surface area contributed by atoms with E-state index >= 15 is 0 Å². The lowest BCUT2D eigenvalue weighted by Gasteiger charge is -2.27. The zero-order chi connectivity index (χ0) is 20.3. The van der Waals surface area contributed by atoms with Gasteiger partial charge in [-0.25, -0.2) is 4.79 Å². The van der Waals surface area contributed by atoms with Crippen LogP contribution in [0.15, 0.2) is 42.5 Å². The van der Waals surface area contributed by atoms with Gasteiger partial charge in [-0.05, 0) is 49.4 Å². The molecular weight excluding hydrogens is 384 g/mol. The fourth-order valence-corrected chi connectivity index (χ4v) is 3.44. The summed E-state index contributed by atoms with van der Waals surface area (Å²) in [5.41, 5.74) is 1.84. The number of carbonyl (C=O) groups is 2. The molecule has 1 aliphatic rings. The number of esters is 1. The second kappa shape index (κ2) is 8.39. The number of amides is 1. The van der Waals surface area contributed by atoms with Crippen molar-refractivity contribution in [1.82, 2.24) is 5.32 Å². The number of benzene rings is 2. The van der Waals surface area contributed by atoms with Crippen LogP contribution < -0.4 is 5.32 Å². The van der Waals surface area contributed by atoms with Crippen LogP contribution in [0.2, 0.25) is 5.02 Å². The quantitative estimate of drug-likeness (QED) is 0.463. The zero-order valence-electron chi connectivity index (χ0n) is 15.2. The Labute approximate surface area is 166 Å². The highest BCUT2D eigenvalue weighted by Gasteiger charge is 2.26. The SMILES string of the molecule is C[C@@H](OC(=O)c1ccc(Cl)c([N+](=O)[O-])c1)C(=O)N[C@@H]1CCCc2ccccc21. The number of ether oxygens (including phenoxy) is 1. The third-order valence-electron chi connectivity index (χ3n) is 4.72. The van der Waals surface area contributed by atoms with Crippen LogP contribution in [0, 0.1) is 10.1 Å². The Morgan fingerprint density at radius 3 is 2.79 bits per heavy atom. The van der Waals surface area contributed by atoms with Crippen molar-refractivity contribution in [3.05, 3.63) is 74.3 Å². The van der Waals surface area contributed by atoms with E-state index in [2.05, 4.69) is 5.32 Å². The number of rotatable bonds is 5. The number of hydrogen-bond donors (Lipinski definition) is 1. The van der Waals surface area contributed by atoms with Crippen molar-refractivity contribution >= 4 is 29.2 Å². The van der Waals surface area contributed by atoms with E-state index in [-0.39, 0.29) is 16.6 Å². The first-order valence-electron chi connectivity index (χ1n) is 8.90. The van der Waals surface area contributed by atoms with Gasteiger partial charge in [0.1, 0.15) is 5.02 Å². The Morgan fingerprint density at radius 1 is 1.29 bits per heavy atom. The second-order valence-electron chi connectivity index (χ2n) is 6.62. The summed E-state index contributed by atoms with van der Waals surface area (Å²) in [7, 11) is 0. The van der Waals surface area contributed by atoms with Gasteiger partial charge in [0.15, 0.2) is 6.10 Å². The maximum atomic E-state index is 12.5. The Bertz CT molecular complexity index is 931. The van der Waals surface area contributed by atoms with E-state index in [1.165, 1.54) is 24.6 Å². The number of nitro benzene ring substituents is 1. The molecule has 3 rings (SSSR count). The van der Waals surface area contributed by atoms with Gasteiger partial charge in [0, 0.05) is 6.07 Å². The summed E-state index contributed by atoms with van der Waals surface area (Å²) >= 11 is 5.74. The van der Waals surface area contributed by atoms with Gasteiger partial charge in [-0.1, -0.05) is 35.9 Å². The number of aryl methyl sites for hydroxylation is 1. The number of carbonyl (C=O) groups excluding carboxylic acids is 2. The molecule has 146 valence electrons. The molecule has 0 aliphatic heterocycles. The van der Waals surface area contributed by atoms with Crippen molar-refractivity contribution in [2.45, 2.75) is 38.3 Å². The van der Waals surface area contributed by atoms with Gasteiger partial charge in [-0.2, -0.15) is 0 Å². The maximum Gasteiger partial charge on any atom is 0.339 e. The van der Waals surface area contributed by atoms with Gasteiger partial charge in [-0.15, -0.1) is 0 Å². The minimum absolute atomic E-state index is 0.0428. The van der Waals surface area contributed by atoms with E-state index < -0.39 is 28.6 Å². The molecule has 0 bridgehead atoms. The first-order chi connectivity index (χ1) is 13.4. The standard InChI is InChI=1S/C20H19ClN2O5/c1-12(28-20(25)14-9-10-16(21)18(11-14)23(26)27)19(24)22-17-8-4-6-13-5-2-3-7-15(13)17/h2-3,5,7,9-12,17H,4,6,8H2,1H3,(H,22,24)/t12-,17-/m1/s1. The summed E-state index contributed by atoms with van der Waals surface area (Å²) in [4.78, 5) is 35.0. The first kappa shape index (κ1) is 19.8. The van der Waals surface area contributed by atoms with E-state index in [1.807, 2.05) is 24.3 Å². The third-order valence-corrected chi connectivity index (χ3v) is 5.04. The Kier molecular flexibility index (Phi) is 5.94. The lowest BCUT2D eigenvalue weighted by atomic mass is 9.87. The molecule has 8 heteroatoms. The summed E-state index contributed by atoms with van der Waals surface area (Å²) in [6, 6.07) is 11.4. The van der Waals surface area contributed by atoms with Crippen molar-refractivity contribution in [3.8, 4) is 0 Å². The Hall–Kier alpha value is -2.93. The summed E-state index contributed by atoms with van der Waals surface area (Å²) in [5.74, 6) is -1.25. The average molecular weight is 403 g/mol. The van der Waals surface area contributed by atoms with Gasteiger partial charge in [-0.3, -0.25) is 14.9 Å². The first-order valence-corrected chi connectivity index (χ1v) is 9.27. The van der Waals surface area contributed by atoms with Crippen LogP contribution in [0.4, 0.5) is 5.69 Å². The lowest BCUT2D eigenvalue weighted by Crippen LogP contribution is -2.39. The van der Waals surface area contributed by atoms with Gasteiger partial charge >= 0.3 is 5.97 Å². The van der Waals surface area contributed by atoms with E-state index in [9.17, 15) is 19.7 Å². The molecule has 2 aromatic rings. The molecule has 0 fully saturated rings. The van der Waals surface area contributed by atoms with Crippen molar-refractivity contribution in [2.75, 3.05) is 0 Å².